The van der Waals surface area contributed by atoms with Crippen LogP contribution in [0, 0.1) is 6.92 Å². The molecular weight excluding hydrogens is 270 g/mol. The fourth-order valence-electron chi connectivity index (χ4n) is 1.90. The Balaban J connectivity index is 3.02. The number of methoxy groups -OCH3 is 1. The van der Waals surface area contributed by atoms with Crippen LogP contribution < -0.4 is 5.73 Å². The monoisotopic (exact) mass is 293 g/mol. The molecule has 1 rings (SSSR count). The largest absolute Gasteiger partial charge is 0.398 e. The van der Waals surface area contributed by atoms with Gasteiger partial charge in [0.1, 0.15) is 6.54 Å². The highest BCUT2D eigenvalue weighted by molar-refractivity contribution is 6.02. The molecule has 6 nitrogen and oxygen atoms in total. The van der Waals surface area contributed by atoms with Gasteiger partial charge in [0.2, 0.25) is 5.91 Å². The van der Waals surface area contributed by atoms with Crippen LogP contribution in [0.2, 0.25) is 0 Å². The summed E-state index contributed by atoms with van der Waals surface area (Å²) in [4.78, 5) is 27.5. The number of hydrogen-bond acceptors (Lipinski definition) is 4. The summed E-state index contributed by atoms with van der Waals surface area (Å²) in [6, 6.07) is 5.31. The van der Waals surface area contributed by atoms with Crippen molar-refractivity contribution in [3.8, 4) is 0 Å². The third-order valence-electron chi connectivity index (χ3n) is 3.20. The Labute approximate surface area is 125 Å². The van der Waals surface area contributed by atoms with Gasteiger partial charge in [0.25, 0.3) is 5.91 Å². The van der Waals surface area contributed by atoms with Crippen LogP contribution in [0.1, 0.15) is 15.9 Å². The lowest BCUT2D eigenvalue weighted by Crippen LogP contribution is -2.42. The zero-order valence-corrected chi connectivity index (χ0v) is 13.0. The first-order valence-corrected chi connectivity index (χ1v) is 6.72. The Hall–Kier alpha value is -2.08. The second-order valence-electron chi connectivity index (χ2n) is 5.05. The lowest BCUT2D eigenvalue weighted by atomic mass is 10.1. The Bertz CT molecular complexity index is 495. The van der Waals surface area contributed by atoms with E-state index in [1.165, 1.54) is 9.80 Å². The number of anilines is 1. The maximum absolute atomic E-state index is 12.7. The molecule has 0 heterocycles. The molecule has 2 amide bonds. The van der Waals surface area contributed by atoms with E-state index in [2.05, 4.69) is 0 Å². The number of likely N-dealkylation sites (N-methyl/N-ethyl adjacent to an activating group) is 1. The maximum Gasteiger partial charge on any atom is 0.256 e. The molecule has 0 bridgehead atoms. The van der Waals surface area contributed by atoms with E-state index in [9.17, 15) is 9.59 Å². The number of rotatable bonds is 6. The highest BCUT2D eigenvalue weighted by Gasteiger charge is 2.22. The quantitative estimate of drug-likeness (QED) is 0.785. The molecule has 0 aliphatic heterocycles. The van der Waals surface area contributed by atoms with Crippen molar-refractivity contribution in [3.63, 3.8) is 0 Å². The molecule has 0 aliphatic carbocycles. The summed E-state index contributed by atoms with van der Waals surface area (Å²) in [5.41, 5.74) is 7.56. The first kappa shape index (κ1) is 17.0. The molecule has 0 aliphatic rings. The summed E-state index contributed by atoms with van der Waals surface area (Å²) < 4.78 is 5.01. The molecule has 2 N–H and O–H groups in total. The number of aryl methyl sites for hydroxylation is 1. The van der Waals surface area contributed by atoms with E-state index in [4.69, 9.17) is 10.5 Å². The van der Waals surface area contributed by atoms with E-state index in [-0.39, 0.29) is 18.4 Å². The van der Waals surface area contributed by atoms with Gasteiger partial charge in [0.05, 0.1) is 12.2 Å². The number of ether oxygens (including phenoxy) is 1. The van der Waals surface area contributed by atoms with Gasteiger partial charge < -0.3 is 20.3 Å². The van der Waals surface area contributed by atoms with Crippen LogP contribution in [-0.2, 0) is 9.53 Å². The molecule has 21 heavy (non-hydrogen) atoms. The second kappa shape index (κ2) is 7.64. The van der Waals surface area contributed by atoms with Crippen molar-refractivity contribution in [1.82, 2.24) is 9.80 Å². The molecule has 0 radical (unpaired) electrons. The number of nitrogens with zero attached hydrogens (tertiary/aromatic N) is 2. The summed E-state index contributed by atoms with van der Waals surface area (Å²) in [6.45, 7) is 2.52. The standard InChI is InChI=1S/C15H23N3O3/c1-11-6-5-7-12(16)14(11)15(20)18(8-9-21-4)10-13(19)17(2)3/h5-7H,8-10,16H2,1-4H3. The summed E-state index contributed by atoms with van der Waals surface area (Å²) >= 11 is 0. The number of carbonyl (C=O) groups is 2. The third-order valence-corrected chi connectivity index (χ3v) is 3.20. The second-order valence-corrected chi connectivity index (χ2v) is 5.05. The van der Waals surface area contributed by atoms with Crippen LogP contribution in [0.3, 0.4) is 0 Å². The highest BCUT2D eigenvalue weighted by atomic mass is 16.5. The summed E-state index contributed by atoms with van der Waals surface area (Å²) in [5.74, 6) is -0.399. The van der Waals surface area contributed by atoms with Crippen molar-refractivity contribution in [2.24, 2.45) is 0 Å². The van der Waals surface area contributed by atoms with Crippen molar-refractivity contribution in [3.05, 3.63) is 29.3 Å². The van der Waals surface area contributed by atoms with Crippen LogP contribution in [0.15, 0.2) is 18.2 Å². The Morgan fingerprint density at radius 2 is 1.95 bits per heavy atom. The lowest BCUT2D eigenvalue weighted by molar-refractivity contribution is -0.129. The van der Waals surface area contributed by atoms with Gasteiger partial charge in [0, 0.05) is 33.4 Å². The molecule has 1 aromatic carbocycles. The third kappa shape index (κ3) is 4.46. The molecule has 0 unspecified atom stereocenters. The Kier molecular flexibility index (Phi) is 6.17. The topological polar surface area (TPSA) is 75.9 Å². The number of amides is 2. The maximum atomic E-state index is 12.7. The number of nitrogen functional groups attached to an aromatic ring is 1. The van der Waals surface area contributed by atoms with Crippen molar-refractivity contribution in [1.29, 1.82) is 0 Å². The number of hydrogen-bond donors (Lipinski definition) is 1. The van der Waals surface area contributed by atoms with Crippen molar-refractivity contribution in [2.45, 2.75) is 6.92 Å². The molecular formula is C15H23N3O3. The molecule has 116 valence electrons. The summed E-state index contributed by atoms with van der Waals surface area (Å²) in [7, 11) is 4.87. The number of carbonyl (C=O) groups excluding carboxylic acids is 2. The zero-order valence-electron chi connectivity index (χ0n) is 13.0. The smallest absolute Gasteiger partial charge is 0.256 e. The first-order valence-electron chi connectivity index (χ1n) is 6.72. The van der Waals surface area contributed by atoms with E-state index >= 15 is 0 Å². The van der Waals surface area contributed by atoms with Crippen LogP contribution >= 0.6 is 0 Å². The molecule has 6 heteroatoms. The van der Waals surface area contributed by atoms with E-state index in [0.29, 0.717) is 24.4 Å². The predicted molar refractivity (Wildman–Crippen MR) is 82.1 cm³/mol. The van der Waals surface area contributed by atoms with E-state index < -0.39 is 0 Å². The van der Waals surface area contributed by atoms with Gasteiger partial charge in [-0.15, -0.1) is 0 Å². The van der Waals surface area contributed by atoms with Crippen molar-refractivity contribution in [2.75, 3.05) is 46.6 Å². The zero-order chi connectivity index (χ0) is 16.0. The van der Waals surface area contributed by atoms with Gasteiger partial charge in [-0.3, -0.25) is 9.59 Å². The van der Waals surface area contributed by atoms with Crippen LogP contribution in [0.4, 0.5) is 5.69 Å². The Morgan fingerprint density at radius 3 is 2.48 bits per heavy atom. The predicted octanol–water partition coefficient (Wildman–Crippen LogP) is 0.754. The SMILES string of the molecule is COCCN(CC(=O)N(C)C)C(=O)c1c(C)cccc1N. The summed E-state index contributed by atoms with van der Waals surface area (Å²) in [5, 5.41) is 0. The minimum Gasteiger partial charge on any atom is -0.398 e. The number of nitrogens with two attached hydrogens (primary N) is 1. The average molecular weight is 293 g/mol. The molecule has 0 atom stereocenters. The van der Waals surface area contributed by atoms with Gasteiger partial charge in [-0.1, -0.05) is 12.1 Å². The van der Waals surface area contributed by atoms with Crippen LogP contribution in [0.5, 0.6) is 0 Å². The molecule has 0 saturated carbocycles. The Morgan fingerprint density at radius 1 is 1.29 bits per heavy atom. The molecule has 0 fully saturated rings. The highest BCUT2D eigenvalue weighted by Crippen LogP contribution is 2.18. The first-order chi connectivity index (χ1) is 9.88. The van der Waals surface area contributed by atoms with Gasteiger partial charge in [-0.25, -0.2) is 0 Å². The van der Waals surface area contributed by atoms with Crippen LogP contribution in [0.25, 0.3) is 0 Å². The van der Waals surface area contributed by atoms with E-state index in [1.54, 1.807) is 33.3 Å². The summed E-state index contributed by atoms with van der Waals surface area (Å²) in [6.07, 6.45) is 0. The van der Waals surface area contributed by atoms with E-state index in [1.807, 2.05) is 13.0 Å². The van der Waals surface area contributed by atoms with Gasteiger partial charge in [0.15, 0.2) is 0 Å². The normalized spacial score (nSPS) is 10.3. The fourth-order valence-corrected chi connectivity index (χ4v) is 1.90. The van der Waals surface area contributed by atoms with Gasteiger partial charge in [-0.05, 0) is 18.6 Å². The van der Waals surface area contributed by atoms with Gasteiger partial charge >= 0.3 is 0 Å². The van der Waals surface area contributed by atoms with Gasteiger partial charge in [-0.2, -0.15) is 0 Å². The molecule has 0 saturated heterocycles. The lowest BCUT2D eigenvalue weighted by Gasteiger charge is -2.24. The van der Waals surface area contributed by atoms with E-state index in [0.717, 1.165) is 5.56 Å². The average Bonchev–Trinajstić information content (AvgIpc) is 2.42. The van der Waals surface area contributed by atoms with Crippen LogP contribution in [-0.4, -0.2) is 62.5 Å². The fraction of sp³-hybridized carbons (Fsp3) is 0.467. The number of benzene rings is 1. The molecule has 0 aromatic heterocycles. The van der Waals surface area contributed by atoms with Crippen molar-refractivity contribution >= 4 is 17.5 Å². The van der Waals surface area contributed by atoms with Crippen molar-refractivity contribution < 1.29 is 14.3 Å². The molecule has 0 spiro atoms. The molecule has 1 aromatic rings. The minimum atomic E-state index is -0.252. The minimum absolute atomic E-state index is 0.00294.